The number of hydrogen-bond acceptors (Lipinski definition) is 4. The Kier molecular flexibility index (Phi) is 6.00. The minimum atomic E-state index is -1.54. The molecule has 5 rings (SSSR count). The van der Waals surface area contributed by atoms with E-state index in [0.717, 1.165) is 12.0 Å². The molecule has 1 N–H and O–H groups in total. The number of benzene rings is 1. The zero-order chi connectivity index (χ0) is 24.4. The molecule has 2 aliphatic heterocycles. The monoisotopic (exact) mass is 509 g/mol. The molecular weight excluding hydrogens is 473 g/mol. The summed E-state index contributed by atoms with van der Waals surface area (Å²) in [6.07, 6.45) is 2.93. The van der Waals surface area contributed by atoms with E-state index >= 15 is 0 Å². The highest BCUT2D eigenvalue weighted by Gasteiger charge is 2.47. The number of aliphatic hydroxyl groups is 1. The normalized spacial score (nSPS) is 22.2. The van der Waals surface area contributed by atoms with Crippen molar-refractivity contribution in [2.45, 2.75) is 63.6 Å². The maximum absolute atomic E-state index is 10.2. The Morgan fingerprint density at radius 3 is 2.68 bits per heavy atom. The van der Waals surface area contributed by atoms with Crippen molar-refractivity contribution in [1.29, 1.82) is 0 Å². The van der Waals surface area contributed by atoms with E-state index in [1.807, 2.05) is 11.3 Å². The van der Waals surface area contributed by atoms with E-state index in [4.69, 9.17) is 9.72 Å². The number of thiophene rings is 1. The molecule has 34 heavy (non-hydrogen) atoms. The Bertz CT molecular complexity index is 1300. The molecule has 0 spiro atoms. The van der Waals surface area contributed by atoms with Crippen LogP contribution in [0.3, 0.4) is 0 Å². The molecule has 1 aromatic carbocycles. The molecule has 0 bridgehead atoms. The van der Waals surface area contributed by atoms with Crippen LogP contribution in [0.15, 0.2) is 36.7 Å². The van der Waals surface area contributed by atoms with Crippen LogP contribution in [0.4, 0.5) is 0 Å². The van der Waals surface area contributed by atoms with E-state index in [-0.39, 0.29) is 18.6 Å². The summed E-state index contributed by atoms with van der Waals surface area (Å²) in [6, 6.07) is 9.59. The van der Waals surface area contributed by atoms with Crippen LogP contribution in [-0.4, -0.2) is 46.6 Å². The SMILES string of the molecule is C=C(CO)C1C(CCOC)c2ccc(C)cc2-c2c3sc4c(c3nc[n+]21)[Si](C)(C)CC[Si]4(C)C. The maximum atomic E-state index is 10.2. The Balaban J connectivity index is 1.87. The topological polar surface area (TPSA) is 46.2 Å². The van der Waals surface area contributed by atoms with Gasteiger partial charge in [0.2, 0.25) is 0 Å². The lowest BCUT2D eigenvalue weighted by Gasteiger charge is -2.36. The highest BCUT2D eigenvalue weighted by Crippen LogP contribution is 2.46. The Hall–Kier alpha value is -1.65. The highest BCUT2D eigenvalue weighted by molar-refractivity contribution is 7.35. The molecule has 2 atom stereocenters. The van der Waals surface area contributed by atoms with Gasteiger partial charge in [-0.15, -0.1) is 11.3 Å². The molecule has 2 aromatic heterocycles. The lowest BCUT2D eigenvalue weighted by Crippen LogP contribution is -2.61. The van der Waals surface area contributed by atoms with Gasteiger partial charge in [-0.1, -0.05) is 62.6 Å². The molecule has 0 saturated heterocycles. The first kappa shape index (κ1) is 24.1. The summed E-state index contributed by atoms with van der Waals surface area (Å²) in [5.41, 5.74) is 7.28. The summed E-state index contributed by atoms with van der Waals surface area (Å²) in [4.78, 5) is 5.18. The summed E-state index contributed by atoms with van der Waals surface area (Å²) >= 11 is 2.03. The Morgan fingerprint density at radius 2 is 1.97 bits per heavy atom. The standard InChI is InChI=1S/C27H37N2O2SSi2/c1-17-8-9-19-20(10-11-31-3)23(18(2)15-30)29-16-28-22-25(24(29)21(19)14-17)32-27-26(22)33(4,5)12-13-34(27,6)7/h8-9,14,16,20,23,30H,2,10-13,15H2,1,3-7H3/q+1. The van der Waals surface area contributed by atoms with Crippen molar-refractivity contribution in [2.24, 2.45) is 0 Å². The summed E-state index contributed by atoms with van der Waals surface area (Å²) in [6.45, 7) is 17.3. The molecule has 7 heteroatoms. The largest absolute Gasteiger partial charge is 0.392 e. The third kappa shape index (κ3) is 3.59. The van der Waals surface area contributed by atoms with Crippen LogP contribution >= 0.6 is 11.3 Å². The number of methoxy groups -OCH3 is 1. The summed E-state index contributed by atoms with van der Waals surface area (Å²) < 4.78 is 10.8. The van der Waals surface area contributed by atoms with E-state index in [2.05, 4.69) is 68.8 Å². The average molecular weight is 510 g/mol. The van der Waals surface area contributed by atoms with Gasteiger partial charge in [0.1, 0.15) is 10.7 Å². The van der Waals surface area contributed by atoms with Crippen LogP contribution in [0.2, 0.25) is 38.3 Å². The number of rotatable bonds is 5. The molecule has 2 unspecified atom stereocenters. The third-order valence-electron chi connectivity index (χ3n) is 8.13. The first-order chi connectivity index (χ1) is 16.1. The first-order valence-electron chi connectivity index (χ1n) is 12.4. The number of aryl methyl sites for hydroxylation is 1. The smallest absolute Gasteiger partial charge is 0.287 e. The van der Waals surface area contributed by atoms with Crippen LogP contribution in [0.5, 0.6) is 0 Å². The zero-order valence-electron chi connectivity index (χ0n) is 21.4. The van der Waals surface area contributed by atoms with Crippen molar-refractivity contribution in [1.82, 2.24) is 4.98 Å². The Morgan fingerprint density at radius 1 is 1.24 bits per heavy atom. The van der Waals surface area contributed by atoms with Gasteiger partial charge in [-0.2, -0.15) is 0 Å². The average Bonchev–Trinajstić information content (AvgIpc) is 3.22. The number of aliphatic hydroxyl groups excluding tert-OH is 1. The van der Waals surface area contributed by atoms with Gasteiger partial charge in [0, 0.05) is 30.4 Å². The molecule has 0 fully saturated rings. The van der Waals surface area contributed by atoms with Crippen LogP contribution in [0.25, 0.3) is 21.5 Å². The lowest BCUT2D eigenvalue weighted by molar-refractivity contribution is -0.711. The first-order valence-corrected chi connectivity index (χ1v) is 19.6. The van der Waals surface area contributed by atoms with E-state index in [0.29, 0.717) is 6.61 Å². The molecule has 3 aromatic rings. The third-order valence-corrected chi connectivity index (χ3v) is 18.3. The van der Waals surface area contributed by atoms with Crippen molar-refractivity contribution in [2.75, 3.05) is 20.3 Å². The summed E-state index contributed by atoms with van der Waals surface area (Å²) in [5, 5.41) is 11.8. The van der Waals surface area contributed by atoms with Crippen LogP contribution in [0.1, 0.15) is 29.5 Å². The maximum Gasteiger partial charge on any atom is 0.287 e. The minimum absolute atomic E-state index is 0.0271. The van der Waals surface area contributed by atoms with Gasteiger partial charge in [-0.3, -0.25) is 0 Å². The second-order valence-electron chi connectivity index (χ2n) is 11.5. The zero-order valence-corrected chi connectivity index (χ0v) is 24.2. The van der Waals surface area contributed by atoms with E-state index in [1.165, 1.54) is 44.7 Å². The molecular formula is C27H37N2O2SSi2+. The second kappa shape index (κ2) is 8.48. The molecule has 0 saturated carbocycles. The number of nitrogens with zero attached hydrogens (tertiary/aromatic N) is 2. The van der Waals surface area contributed by atoms with Gasteiger partial charge < -0.3 is 9.84 Å². The number of ether oxygens (including phenoxy) is 1. The van der Waals surface area contributed by atoms with E-state index in [1.54, 1.807) is 16.8 Å². The van der Waals surface area contributed by atoms with Gasteiger partial charge in [0.05, 0.1) is 22.8 Å². The minimum Gasteiger partial charge on any atom is -0.392 e. The van der Waals surface area contributed by atoms with Crippen LogP contribution < -0.4 is 14.3 Å². The second-order valence-corrected chi connectivity index (χ2v) is 22.4. The van der Waals surface area contributed by atoms with Crippen molar-refractivity contribution in [3.63, 3.8) is 0 Å². The predicted octanol–water partition coefficient (Wildman–Crippen LogP) is 4.63. The molecule has 180 valence electrons. The Labute approximate surface area is 209 Å². The molecule has 0 amide bonds. The number of aromatic nitrogens is 2. The van der Waals surface area contributed by atoms with Gasteiger partial charge in [0.25, 0.3) is 6.33 Å². The molecule has 4 heterocycles. The molecule has 0 aliphatic carbocycles. The van der Waals surface area contributed by atoms with Crippen LogP contribution in [-0.2, 0) is 4.74 Å². The molecule has 0 radical (unpaired) electrons. The fourth-order valence-corrected chi connectivity index (χ4v) is 19.6. The van der Waals surface area contributed by atoms with Crippen molar-refractivity contribution in [3.8, 4) is 11.3 Å². The summed E-state index contributed by atoms with van der Waals surface area (Å²) in [5.74, 6) is 0.193. The summed E-state index contributed by atoms with van der Waals surface area (Å²) in [7, 11) is -1.26. The molecule has 2 aliphatic rings. The molecule has 4 nitrogen and oxygen atoms in total. The predicted molar refractivity (Wildman–Crippen MR) is 148 cm³/mol. The highest BCUT2D eigenvalue weighted by atomic mass is 32.1. The van der Waals surface area contributed by atoms with E-state index in [9.17, 15) is 5.11 Å². The quantitative estimate of drug-likeness (QED) is 0.310. The van der Waals surface area contributed by atoms with Crippen molar-refractivity contribution in [3.05, 3.63) is 47.8 Å². The van der Waals surface area contributed by atoms with Gasteiger partial charge in [-0.05, 0) is 40.0 Å². The van der Waals surface area contributed by atoms with Gasteiger partial charge in [0.15, 0.2) is 11.2 Å². The van der Waals surface area contributed by atoms with Gasteiger partial charge >= 0.3 is 0 Å². The lowest BCUT2D eigenvalue weighted by atomic mass is 9.78. The fourth-order valence-electron chi connectivity index (χ4n) is 6.14. The van der Waals surface area contributed by atoms with E-state index < -0.39 is 16.1 Å². The number of fused-ring (bicyclic) bond motifs is 7. The number of hydrogen-bond donors (Lipinski definition) is 1. The van der Waals surface area contributed by atoms with Crippen molar-refractivity contribution >= 4 is 47.4 Å². The fraction of sp³-hybridized carbons (Fsp3) is 0.481. The van der Waals surface area contributed by atoms with Crippen LogP contribution in [0, 0.1) is 6.92 Å². The van der Waals surface area contributed by atoms with Gasteiger partial charge in [-0.25, -0.2) is 4.57 Å². The van der Waals surface area contributed by atoms with Crippen molar-refractivity contribution < 1.29 is 14.4 Å².